The van der Waals surface area contributed by atoms with Crippen LogP contribution >= 0.6 is 0 Å². The maximum absolute atomic E-state index is 12.0. The van der Waals surface area contributed by atoms with Crippen LogP contribution in [0.2, 0.25) is 0 Å². The quantitative estimate of drug-likeness (QED) is 0.767. The van der Waals surface area contributed by atoms with E-state index in [0.717, 1.165) is 16.3 Å². The van der Waals surface area contributed by atoms with Gasteiger partial charge in [0.1, 0.15) is 11.9 Å². The number of fused-ring (bicyclic) bond motifs is 1. The fraction of sp³-hybridized carbons (Fsp3) is 0.286. The highest BCUT2D eigenvalue weighted by Crippen LogP contribution is 2.34. The third-order valence-electron chi connectivity index (χ3n) is 2.84. The molecule has 16 heavy (non-hydrogen) atoms. The van der Waals surface area contributed by atoms with Crippen molar-refractivity contribution in [2.45, 2.75) is 19.4 Å². The maximum Gasteiger partial charge on any atom is 0.125 e. The van der Waals surface area contributed by atoms with Gasteiger partial charge in [-0.3, -0.25) is 0 Å². The average Bonchev–Trinajstić information content (AvgIpc) is 2.36. The normalized spacial score (nSPS) is 12.7. The largest absolute Gasteiger partial charge is 0.496 e. The Morgan fingerprint density at radius 3 is 2.62 bits per heavy atom. The van der Waals surface area contributed by atoms with Gasteiger partial charge in [-0.15, -0.1) is 0 Å². The van der Waals surface area contributed by atoms with E-state index in [-0.39, 0.29) is 0 Å². The zero-order valence-electron chi connectivity index (χ0n) is 9.57. The van der Waals surface area contributed by atoms with Crippen molar-refractivity contribution in [2.24, 2.45) is 0 Å². The van der Waals surface area contributed by atoms with Gasteiger partial charge in [-0.25, -0.2) is 5.11 Å². The average molecular weight is 215 g/mol. The van der Waals surface area contributed by atoms with Crippen LogP contribution in [-0.2, 0) is 5.11 Å². The van der Waals surface area contributed by atoms with Gasteiger partial charge < -0.3 is 4.74 Å². The van der Waals surface area contributed by atoms with E-state index in [1.807, 2.05) is 43.3 Å². The standard InChI is InChI=1S/C14H15O2/c1-3-12(15)14-11-7-5-4-6-10(11)8-9-13(14)16-2/h4-9,12H,3H2,1-2H3. The van der Waals surface area contributed by atoms with Crippen LogP contribution < -0.4 is 4.74 Å². The van der Waals surface area contributed by atoms with Crippen LogP contribution in [0.25, 0.3) is 10.8 Å². The van der Waals surface area contributed by atoms with Crippen molar-refractivity contribution in [3.05, 3.63) is 42.0 Å². The lowest BCUT2D eigenvalue weighted by molar-refractivity contribution is 0.0846. The smallest absolute Gasteiger partial charge is 0.125 e. The lowest BCUT2D eigenvalue weighted by Gasteiger charge is -2.14. The lowest BCUT2D eigenvalue weighted by atomic mass is 9.98. The molecule has 0 aliphatic carbocycles. The van der Waals surface area contributed by atoms with Crippen molar-refractivity contribution in [3.8, 4) is 5.75 Å². The molecule has 0 amide bonds. The minimum Gasteiger partial charge on any atom is -0.496 e. The summed E-state index contributed by atoms with van der Waals surface area (Å²) < 4.78 is 5.28. The molecular weight excluding hydrogens is 200 g/mol. The van der Waals surface area contributed by atoms with E-state index in [4.69, 9.17) is 4.74 Å². The third kappa shape index (κ3) is 1.76. The molecule has 83 valence electrons. The first-order chi connectivity index (χ1) is 7.77. The molecule has 2 aromatic rings. The predicted octanol–water partition coefficient (Wildman–Crippen LogP) is 3.73. The molecule has 0 aliphatic rings. The Labute approximate surface area is 95.5 Å². The van der Waals surface area contributed by atoms with E-state index in [1.165, 1.54) is 0 Å². The summed E-state index contributed by atoms with van der Waals surface area (Å²) in [5.74, 6) is 0.695. The molecule has 0 saturated heterocycles. The summed E-state index contributed by atoms with van der Waals surface area (Å²) in [4.78, 5) is 0. The van der Waals surface area contributed by atoms with Gasteiger partial charge in [0.2, 0.25) is 0 Å². The molecule has 0 saturated carbocycles. The summed E-state index contributed by atoms with van der Waals surface area (Å²) in [6, 6.07) is 11.8. The maximum atomic E-state index is 12.0. The Hall–Kier alpha value is -1.54. The molecule has 0 N–H and O–H groups in total. The fourth-order valence-corrected chi connectivity index (χ4v) is 1.99. The van der Waals surface area contributed by atoms with Crippen molar-refractivity contribution in [1.29, 1.82) is 0 Å². The molecular formula is C14H15O2. The molecule has 0 bridgehead atoms. The highest BCUT2D eigenvalue weighted by Gasteiger charge is 2.16. The summed E-state index contributed by atoms with van der Waals surface area (Å²) in [6.45, 7) is 1.90. The van der Waals surface area contributed by atoms with Gasteiger partial charge in [-0.05, 0) is 23.3 Å². The van der Waals surface area contributed by atoms with Crippen LogP contribution in [0, 0.1) is 0 Å². The minimum absolute atomic E-state index is 0.574. The second kappa shape index (κ2) is 4.54. The van der Waals surface area contributed by atoms with E-state index in [2.05, 4.69) is 0 Å². The Morgan fingerprint density at radius 1 is 1.19 bits per heavy atom. The van der Waals surface area contributed by atoms with Gasteiger partial charge in [-0.2, -0.15) is 0 Å². The summed E-state index contributed by atoms with van der Waals surface area (Å²) in [5.41, 5.74) is 0.781. The van der Waals surface area contributed by atoms with Crippen molar-refractivity contribution in [3.63, 3.8) is 0 Å². The van der Waals surface area contributed by atoms with E-state index >= 15 is 0 Å². The number of benzene rings is 2. The molecule has 0 fully saturated rings. The number of methoxy groups -OCH3 is 1. The van der Waals surface area contributed by atoms with Crippen molar-refractivity contribution in [2.75, 3.05) is 7.11 Å². The van der Waals surface area contributed by atoms with E-state index < -0.39 is 6.10 Å². The Balaban J connectivity index is 2.72. The molecule has 0 spiro atoms. The van der Waals surface area contributed by atoms with Crippen LogP contribution in [0.15, 0.2) is 36.4 Å². The van der Waals surface area contributed by atoms with Gasteiger partial charge in [0, 0.05) is 5.56 Å². The number of ether oxygens (including phenoxy) is 1. The minimum atomic E-state index is -0.721. The molecule has 2 aromatic carbocycles. The van der Waals surface area contributed by atoms with Crippen LogP contribution in [0.5, 0.6) is 5.75 Å². The second-order valence-electron chi connectivity index (χ2n) is 3.80. The SMILES string of the molecule is CCC([O])c1c(OC)ccc2ccccc12. The van der Waals surface area contributed by atoms with E-state index in [0.29, 0.717) is 12.2 Å². The van der Waals surface area contributed by atoms with Crippen LogP contribution in [-0.4, -0.2) is 7.11 Å². The fourth-order valence-electron chi connectivity index (χ4n) is 1.99. The molecule has 2 heteroatoms. The van der Waals surface area contributed by atoms with Gasteiger partial charge in [0.15, 0.2) is 0 Å². The van der Waals surface area contributed by atoms with Gasteiger partial charge >= 0.3 is 0 Å². The third-order valence-corrected chi connectivity index (χ3v) is 2.84. The summed E-state index contributed by atoms with van der Waals surface area (Å²) >= 11 is 0. The highest BCUT2D eigenvalue weighted by atomic mass is 16.5. The molecule has 0 aromatic heterocycles. The highest BCUT2D eigenvalue weighted by molar-refractivity contribution is 5.88. The first-order valence-corrected chi connectivity index (χ1v) is 5.49. The Bertz CT molecular complexity index is 491. The molecule has 1 unspecified atom stereocenters. The summed E-state index contributed by atoms with van der Waals surface area (Å²) in [5, 5.41) is 14.1. The Kier molecular flexibility index (Phi) is 3.11. The number of hydrogen-bond donors (Lipinski definition) is 0. The lowest BCUT2D eigenvalue weighted by Crippen LogP contribution is -1.99. The molecule has 2 nitrogen and oxygen atoms in total. The zero-order chi connectivity index (χ0) is 11.5. The molecule has 0 aliphatic heterocycles. The first kappa shape index (κ1) is 11.0. The zero-order valence-corrected chi connectivity index (χ0v) is 9.57. The van der Waals surface area contributed by atoms with Crippen LogP contribution in [0.1, 0.15) is 25.0 Å². The summed E-state index contributed by atoms with van der Waals surface area (Å²) in [6.07, 6.45) is -0.147. The predicted molar refractivity (Wildman–Crippen MR) is 64.2 cm³/mol. The second-order valence-corrected chi connectivity index (χ2v) is 3.80. The van der Waals surface area contributed by atoms with E-state index in [9.17, 15) is 5.11 Å². The monoisotopic (exact) mass is 215 g/mol. The van der Waals surface area contributed by atoms with E-state index in [1.54, 1.807) is 7.11 Å². The number of hydrogen-bond acceptors (Lipinski definition) is 1. The first-order valence-electron chi connectivity index (χ1n) is 5.49. The van der Waals surface area contributed by atoms with Crippen molar-refractivity contribution < 1.29 is 9.84 Å². The topological polar surface area (TPSA) is 29.1 Å². The van der Waals surface area contributed by atoms with Gasteiger partial charge in [-0.1, -0.05) is 37.3 Å². The summed E-state index contributed by atoms with van der Waals surface area (Å²) in [7, 11) is 1.61. The molecule has 0 heterocycles. The van der Waals surface area contributed by atoms with Gasteiger partial charge in [0.25, 0.3) is 0 Å². The van der Waals surface area contributed by atoms with Crippen molar-refractivity contribution in [1.82, 2.24) is 0 Å². The Morgan fingerprint density at radius 2 is 1.94 bits per heavy atom. The van der Waals surface area contributed by atoms with Crippen molar-refractivity contribution >= 4 is 10.8 Å². The van der Waals surface area contributed by atoms with Crippen LogP contribution in [0.3, 0.4) is 0 Å². The molecule has 2 rings (SSSR count). The molecule has 1 radical (unpaired) electrons. The number of rotatable bonds is 3. The molecule has 1 atom stereocenters. The van der Waals surface area contributed by atoms with Gasteiger partial charge in [0.05, 0.1) is 7.11 Å². The van der Waals surface area contributed by atoms with Crippen LogP contribution in [0.4, 0.5) is 0 Å².